The molecule has 5 nitrogen and oxygen atoms in total. The average molecular weight is 366 g/mol. The van der Waals surface area contributed by atoms with Crippen LogP contribution in [0.25, 0.3) is 0 Å². The number of rotatable bonds is 6. The Morgan fingerprint density at radius 3 is 2.23 bits per heavy atom. The predicted molar refractivity (Wildman–Crippen MR) is 106 cm³/mol. The molecule has 0 aromatic carbocycles. The van der Waals surface area contributed by atoms with Gasteiger partial charge in [0.1, 0.15) is 0 Å². The van der Waals surface area contributed by atoms with Crippen molar-refractivity contribution in [2.24, 2.45) is 11.3 Å². The standard InChI is InChI=1S/C21H39N3O2/c1-21(2,3)20(26)24-15-11-17(12-16-24)19(25)22-13-8-14-23(4)18-9-6-5-7-10-18/h17-18H,5-16H2,1-4H3,(H,22,25). The van der Waals surface area contributed by atoms with Crippen LogP contribution in [0.4, 0.5) is 0 Å². The summed E-state index contributed by atoms with van der Waals surface area (Å²) in [5.74, 6) is 0.436. The average Bonchev–Trinajstić information content (AvgIpc) is 2.64. The minimum Gasteiger partial charge on any atom is -0.356 e. The molecule has 1 aliphatic heterocycles. The van der Waals surface area contributed by atoms with Crippen molar-refractivity contribution in [3.63, 3.8) is 0 Å². The maximum Gasteiger partial charge on any atom is 0.227 e. The second-order valence-electron chi connectivity index (χ2n) is 9.23. The molecule has 0 atom stereocenters. The molecule has 0 aromatic heterocycles. The highest BCUT2D eigenvalue weighted by Crippen LogP contribution is 2.24. The fraction of sp³-hybridized carbons (Fsp3) is 0.905. The molecule has 1 aliphatic carbocycles. The van der Waals surface area contributed by atoms with Gasteiger partial charge in [0, 0.05) is 37.0 Å². The zero-order valence-corrected chi connectivity index (χ0v) is 17.4. The second-order valence-corrected chi connectivity index (χ2v) is 9.23. The molecular formula is C21H39N3O2. The number of hydrogen-bond acceptors (Lipinski definition) is 3. The van der Waals surface area contributed by atoms with Gasteiger partial charge in [0.25, 0.3) is 0 Å². The summed E-state index contributed by atoms with van der Waals surface area (Å²) in [6.07, 6.45) is 9.36. The molecule has 0 radical (unpaired) electrons. The van der Waals surface area contributed by atoms with Crippen molar-refractivity contribution in [1.29, 1.82) is 0 Å². The number of likely N-dealkylation sites (tertiary alicyclic amines) is 1. The van der Waals surface area contributed by atoms with E-state index in [1.54, 1.807) is 0 Å². The lowest BCUT2D eigenvalue weighted by Gasteiger charge is -2.35. The first kappa shape index (κ1) is 21.2. The molecule has 1 heterocycles. The lowest BCUT2D eigenvalue weighted by atomic mass is 9.90. The molecule has 26 heavy (non-hydrogen) atoms. The van der Waals surface area contributed by atoms with Gasteiger partial charge in [0.05, 0.1) is 0 Å². The first-order valence-electron chi connectivity index (χ1n) is 10.6. The molecule has 0 aromatic rings. The van der Waals surface area contributed by atoms with Gasteiger partial charge in [-0.1, -0.05) is 40.0 Å². The minimum atomic E-state index is -0.334. The lowest BCUT2D eigenvalue weighted by molar-refractivity contribution is -0.142. The van der Waals surface area contributed by atoms with E-state index in [9.17, 15) is 9.59 Å². The van der Waals surface area contributed by atoms with Crippen molar-refractivity contribution in [3.05, 3.63) is 0 Å². The molecule has 2 fully saturated rings. The summed E-state index contributed by atoms with van der Waals surface area (Å²) in [6, 6.07) is 0.740. The topological polar surface area (TPSA) is 52.7 Å². The Morgan fingerprint density at radius 1 is 1.04 bits per heavy atom. The van der Waals surface area contributed by atoms with Gasteiger partial charge in [-0.3, -0.25) is 9.59 Å². The maximum absolute atomic E-state index is 12.4. The van der Waals surface area contributed by atoms with Crippen LogP contribution >= 0.6 is 0 Å². The highest BCUT2D eigenvalue weighted by molar-refractivity contribution is 5.82. The molecule has 1 N–H and O–H groups in total. The summed E-state index contributed by atoms with van der Waals surface area (Å²) in [6.45, 7) is 9.10. The van der Waals surface area contributed by atoms with Crippen LogP contribution in [0.15, 0.2) is 0 Å². The monoisotopic (exact) mass is 365 g/mol. The number of nitrogens with zero attached hydrogens (tertiary/aromatic N) is 2. The van der Waals surface area contributed by atoms with Gasteiger partial charge in [0.15, 0.2) is 0 Å². The number of carbonyl (C=O) groups excluding carboxylic acids is 2. The SMILES string of the molecule is CN(CCCNC(=O)C1CCN(C(=O)C(C)(C)C)CC1)C1CCCCC1. The van der Waals surface area contributed by atoms with Crippen LogP contribution in [0, 0.1) is 11.3 Å². The predicted octanol–water partition coefficient (Wildman–Crippen LogP) is 3.04. The van der Waals surface area contributed by atoms with E-state index in [4.69, 9.17) is 0 Å². The number of hydrogen-bond donors (Lipinski definition) is 1. The van der Waals surface area contributed by atoms with Crippen molar-refractivity contribution in [2.75, 3.05) is 33.2 Å². The van der Waals surface area contributed by atoms with Crippen LogP contribution in [-0.2, 0) is 9.59 Å². The zero-order valence-electron chi connectivity index (χ0n) is 17.4. The highest BCUT2D eigenvalue weighted by atomic mass is 16.2. The third-order valence-corrected chi connectivity index (χ3v) is 5.98. The van der Waals surface area contributed by atoms with Crippen LogP contribution in [0.3, 0.4) is 0 Å². The van der Waals surface area contributed by atoms with Gasteiger partial charge < -0.3 is 15.1 Å². The molecule has 0 bridgehead atoms. The van der Waals surface area contributed by atoms with E-state index in [0.717, 1.165) is 38.4 Å². The van der Waals surface area contributed by atoms with Gasteiger partial charge in [0.2, 0.25) is 11.8 Å². The maximum atomic E-state index is 12.4. The summed E-state index contributed by atoms with van der Waals surface area (Å²) < 4.78 is 0. The molecule has 0 spiro atoms. The Morgan fingerprint density at radius 2 is 1.65 bits per heavy atom. The van der Waals surface area contributed by atoms with Gasteiger partial charge in [-0.2, -0.15) is 0 Å². The number of amides is 2. The summed E-state index contributed by atoms with van der Waals surface area (Å²) in [5.41, 5.74) is -0.334. The van der Waals surface area contributed by atoms with Crippen molar-refractivity contribution in [3.8, 4) is 0 Å². The van der Waals surface area contributed by atoms with Gasteiger partial charge in [-0.15, -0.1) is 0 Å². The Hall–Kier alpha value is -1.10. The van der Waals surface area contributed by atoms with E-state index in [2.05, 4.69) is 17.3 Å². The summed E-state index contributed by atoms with van der Waals surface area (Å²) in [7, 11) is 2.22. The molecule has 5 heteroatoms. The van der Waals surface area contributed by atoms with E-state index in [-0.39, 0.29) is 23.1 Å². The van der Waals surface area contributed by atoms with Crippen LogP contribution < -0.4 is 5.32 Å². The quantitative estimate of drug-likeness (QED) is 0.736. The van der Waals surface area contributed by atoms with Crippen molar-refractivity contribution in [2.45, 2.75) is 78.2 Å². The van der Waals surface area contributed by atoms with Crippen molar-refractivity contribution in [1.82, 2.24) is 15.1 Å². The van der Waals surface area contributed by atoms with E-state index in [1.165, 1.54) is 32.1 Å². The molecule has 2 aliphatic rings. The fourth-order valence-electron chi connectivity index (χ4n) is 4.21. The smallest absolute Gasteiger partial charge is 0.227 e. The molecule has 1 saturated carbocycles. The third-order valence-electron chi connectivity index (χ3n) is 5.98. The van der Waals surface area contributed by atoms with Crippen LogP contribution in [0.5, 0.6) is 0 Å². The Labute approximate surface area is 159 Å². The number of carbonyl (C=O) groups is 2. The van der Waals surface area contributed by atoms with Crippen LogP contribution in [0.2, 0.25) is 0 Å². The molecule has 150 valence electrons. The van der Waals surface area contributed by atoms with E-state index in [0.29, 0.717) is 13.1 Å². The normalized spacial score (nSPS) is 20.4. The Bertz CT molecular complexity index is 458. The van der Waals surface area contributed by atoms with E-state index in [1.807, 2.05) is 25.7 Å². The fourth-order valence-corrected chi connectivity index (χ4v) is 4.21. The van der Waals surface area contributed by atoms with E-state index >= 15 is 0 Å². The van der Waals surface area contributed by atoms with Crippen LogP contribution in [0.1, 0.15) is 72.1 Å². The van der Waals surface area contributed by atoms with Crippen molar-refractivity contribution >= 4 is 11.8 Å². The molecule has 1 saturated heterocycles. The molecule has 2 amide bonds. The van der Waals surface area contributed by atoms with Crippen molar-refractivity contribution < 1.29 is 9.59 Å². The Balaban J connectivity index is 1.61. The molecule has 0 unspecified atom stereocenters. The van der Waals surface area contributed by atoms with Gasteiger partial charge >= 0.3 is 0 Å². The first-order chi connectivity index (χ1) is 12.3. The van der Waals surface area contributed by atoms with Crippen LogP contribution in [-0.4, -0.2) is 60.9 Å². The largest absolute Gasteiger partial charge is 0.356 e. The molecular weight excluding hydrogens is 326 g/mol. The second kappa shape index (κ2) is 9.72. The number of piperidine rings is 1. The third kappa shape index (κ3) is 6.26. The highest BCUT2D eigenvalue weighted by Gasteiger charge is 2.32. The summed E-state index contributed by atoms with van der Waals surface area (Å²) >= 11 is 0. The zero-order chi connectivity index (χ0) is 19.2. The minimum absolute atomic E-state index is 0.0649. The molecule has 2 rings (SSSR count). The summed E-state index contributed by atoms with van der Waals surface area (Å²) in [4.78, 5) is 29.1. The Kier molecular flexibility index (Phi) is 7.93. The summed E-state index contributed by atoms with van der Waals surface area (Å²) in [5, 5.41) is 3.12. The van der Waals surface area contributed by atoms with Gasteiger partial charge in [-0.05, 0) is 45.7 Å². The lowest BCUT2D eigenvalue weighted by Crippen LogP contribution is -2.46. The van der Waals surface area contributed by atoms with E-state index < -0.39 is 0 Å². The first-order valence-corrected chi connectivity index (χ1v) is 10.6. The van der Waals surface area contributed by atoms with Gasteiger partial charge in [-0.25, -0.2) is 0 Å². The number of nitrogens with one attached hydrogen (secondary N) is 1.